The number of carbonyl (C=O) groups excluding carboxylic acids is 1. The molecule has 2 aliphatic rings. The van der Waals surface area contributed by atoms with Crippen LogP contribution in [0.3, 0.4) is 0 Å². The molecule has 0 saturated carbocycles. The number of para-hydroxylation sites is 1. The van der Waals surface area contributed by atoms with E-state index in [2.05, 4.69) is 5.32 Å². The fourth-order valence-corrected chi connectivity index (χ4v) is 2.64. The molecule has 1 atom stereocenters. The topological polar surface area (TPSA) is 54.0 Å². The first-order chi connectivity index (χ1) is 10.2. The summed E-state index contributed by atoms with van der Waals surface area (Å²) in [6.07, 6.45) is -0.879. The lowest BCUT2D eigenvalue weighted by Crippen LogP contribution is -2.40. The Morgan fingerprint density at radius 1 is 1.38 bits per heavy atom. The number of amides is 1. The van der Waals surface area contributed by atoms with Crippen LogP contribution in [0.15, 0.2) is 18.2 Å². The number of halogens is 1. The van der Waals surface area contributed by atoms with E-state index >= 15 is 0 Å². The highest BCUT2D eigenvalue weighted by atomic mass is 19.1. The van der Waals surface area contributed by atoms with E-state index < -0.39 is 12.3 Å². The minimum Gasteiger partial charge on any atom is -0.423 e. The number of rotatable bonds is 3. The van der Waals surface area contributed by atoms with Gasteiger partial charge in [-0.15, -0.1) is 0 Å². The Morgan fingerprint density at radius 3 is 2.81 bits per heavy atom. The molecule has 114 valence electrons. The number of hydrogen-bond donors (Lipinski definition) is 1. The molecule has 0 bridgehead atoms. The molecule has 2 heterocycles. The van der Waals surface area contributed by atoms with Crippen LogP contribution in [0.25, 0.3) is 0 Å². The lowest BCUT2D eigenvalue weighted by atomic mass is 10.2. The molecule has 7 heteroatoms. The van der Waals surface area contributed by atoms with Crippen molar-refractivity contribution in [3.63, 3.8) is 0 Å². The van der Waals surface area contributed by atoms with Gasteiger partial charge in [0, 0.05) is 20.1 Å². The van der Waals surface area contributed by atoms with E-state index in [-0.39, 0.29) is 5.82 Å². The summed E-state index contributed by atoms with van der Waals surface area (Å²) in [6, 6.07) is 4.94. The molecule has 6 nitrogen and oxygen atoms in total. The molecule has 1 aromatic carbocycles. The number of nitrogens with zero attached hydrogens (tertiary/aromatic N) is 2. The summed E-state index contributed by atoms with van der Waals surface area (Å²) < 4.78 is 24.8. The van der Waals surface area contributed by atoms with Gasteiger partial charge in [0.25, 0.3) is 0 Å². The zero-order valence-electron chi connectivity index (χ0n) is 11.8. The van der Waals surface area contributed by atoms with Crippen molar-refractivity contribution in [3.05, 3.63) is 24.0 Å². The van der Waals surface area contributed by atoms with Crippen LogP contribution in [-0.2, 0) is 9.47 Å². The summed E-state index contributed by atoms with van der Waals surface area (Å²) in [5.41, 5.74) is 1.24. The molecule has 0 radical (unpaired) electrons. The minimum absolute atomic E-state index is 0.279. The average Bonchev–Trinajstić information content (AvgIpc) is 2.93. The van der Waals surface area contributed by atoms with Gasteiger partial charge in [0.2, 0.25) is 0 Å². The number of alkyl carbamates (subject to hydrolysis) is 1. The monoisotopic (exact) mass is 295 g/mol. The van der Waals surface area contributed by atoms with Crippen molar-refractivity contribution in [3.8, 4) is 0 Å². The molecular weight excluding hydrogens is 277 g/mol. The zero-order chi connectivity index (χ0) is 14.8. The highest BCUT2D eigenvalue weighted by Crippen LogP contribution is 2.33. The molecule has 1 aromatic rings. The number of morpholine rings is 1. The number of likely N-dealkylation sites (N-methyl/N-ethyl adjacent to an activating group) is 1. The number of cyclic esters (lactones) is 1. The van der Waals surface area contributed by atoms with Gasteiger partial charge in [-0.1, -0.05) is 6.07 Å². The first kappa shape index (κ1) is 13.9. The first-order valence-electron chi connectivity index (χ1n) is 6.95. The van der Waals surface area contributed by atoms with Crippen molar-refractivity contribution in [1.82, 2.24) is 5.32 Å². The number of anilines is 2. The lowest BCUT2D eigenvalue weighted by Gasteiger charge is -2.34. The second-order valence-corrected chi connectivity index (χ2v) is 5.06. The summed E-state index contributed by atoms with van der Waals surface area (Å²) in [6.45, 7) is 2.83. The van der Waals surface area contributed by atoms with Crippen LogP contribution in [0, 0.1) is 5.82 Å². The number of ether oxygens (including phenoxy) is 2. The molecular formula is C14H18FN3O3. The second-order valence-electron chi connectivity index (χ2n) is 5.06. The van der Waals surface area contributed by atoms with Crippen LogP contribution in [-0.4, -0.2) is 52.2 Å². The number of benzene rings is 1. The fraction of sp³-hybridized carbons (Fsp3) is 0.500. The van der Waals surface area contributed by atoms with Crippen LogP contribution in [0.2, 0.25) is 0 Å². The van der Waals surface area contributed by atoms with Crippen LogP contribution in [0.4, 0.5) is 20.6 Å². The molecule has 0 spiro atoms. The molecule has 0 aliphatic carbocycles. The quantitative estimate of drug-likeness (QED) is 0.907. The Labute approximate surface area is 122 Å². The SMILES string of the molecule is CN(c1cccc(F)c1N1CCOCC1)C1CNC(=O)O1. The van der Waals surface area contributed by atoms with Gasteiger partial charge < -0.3 is 24.6 Å². The first-order valence-corrected chi connectivity index (χ1v) is 6.95. The number of nitrogens with one attached hydrogen (secondary N) is 1. The number of hydrogen-bond acceptors (Lipinski definition) is 5. The fourth-order valence-electron chi connectivity index (χ4n) is 2.64. The summed E-state index contributed by atoms with van der Waals surface area (Å²) in [7, 11) is 1.80. The predicted molar refractivity (Wildman–Crippen MR) is 76.1 cm³/mol. The Kier molecular flexibility index (Phi) is 3.83. The molecule has 21 heavy (non-hydrogen) atoms. The van der Waals surface area contributed by atoms with Crippen molar-refractivity contribution < 1.29 is 18.7 Å². The van der Waals surface area contributed by atoms with Crippen molar-refractivity contribution in [2.45, 2.75) is 6.23 Å². The van der Waals surface area contributed by atoms with Crippen LogP contribution >= 0.6 is 0 Å². The molecule has 3 rings (SSSR count). The maximum Gasteiger partial charge on any atom is 0.409 e. The molecule has 0 aromatic heterocycles. The predicted octanol–water partition coefficient (Wildman–Crippen LogP) is 1.16. The van der Waals surface area contributed by atoms with Crippen molar-refractivity contribution in [1.29, 1.82) is 0 Å². The van der Waals surface area contributed by atoms with E-state index in [0.29, 0.717) is 44.2 Å². The van der Waals surface area contributed by atoms with E-state index in [4.69, 9.17) is 9.47 Å². The Balaban J connectivity index is 1.90. The minimum atomic E-state index is -0.448. The van der Waals surface area contributed by atoms with Crippen LogP contribution < -0.4 is 15.1 Å². The smallest absolute Gasteiger partial charge is 0.409 e. The Morgan fingerprint density at radius 2 is 2.14 bits per heavy atom. The normalized spacial score (nSPS) is 21.9. The van der Waals surface area contributed by atoms with Gasteiger partial charge in [0.1, 0.15) is 5.82 Å². The van der Waals surface area contributed by atoms with Gasteiger partial charge in [-0.25, -0.2) is 9.18 Å². The second kappa shape index (κ2) is 5.77. The van der Waals surface area contributed by atoms with Crippen LogP contribution in [0.1, 0.15) is 0 Å². The van der Waals surface area contributed by atoms with Crippen molar-refractivity contribution in [2.75, 3.05) is 49.7 Å². The lowest BCUT2D eigenvalue weighted by molar-refractivity contribution is 0.122. The third-order valence-corrected chi connectivity index (χ3v) is 3.77. The van der Waals surface area contributed by atoms with Gasteiger partial charge in [-0.2, -0.15) is 0 Å². The highest BCUT2D eigenvalue weighted by molar-refractivity contribution is 5.74. The third kappa shape index (κ3) is 2.73. The van der Waals surface area contributed by atoms with Crippen molar-refractivity contribution >= 4 is 17.5 Å². The average molecular weight is 295 g/mol. The van der Waals surface area contributed by atoms with E-state index in [1.807, 2.05) is 11.0 Å². The molecule has 1 unspecified atom stereocenters. The third-order valence-electron chi connectivity index (χ3n) is 3.77. The van der Waals surface area contributed by atoms with Gasteiger partial charge in [-0.3, -0.25) is 0 Å². The summed E-state index contributed by atoms with van der Waals surface area (Å²) in [5.74, 6) is -0.279. The molecule has 1 N–H and O–H groups in total. The molecule has 1 amide bonds. The standard InChI is InChI=1S/C14H18FN3O3/c1-17(12-9-16-14(19)21-12)11-4-2-3-10(15)13(11)18-5-7-20-8-6-18/h2-4,12H,5-9H2,1H3,(H,16,19). The molecule has 2 fully saturated rings. The Bertz CT molecular complexity index is 534. The van der Waals surface area contributed by atoms with E-state index in [9.17, 15) is 9.18 Å². The van der Waals surface area contributed by atoms with E-state index in [1.165, 1.54) is 6.07 Å². The molecule has 2 aliphatic heterocycles. The summed E-state index contributed by atoms with van der Waals surface area (Å²) in [4.78, 5) is 14.9. The zero-order valence-corrected chi connectivity index (χ0v) is 11.8. The van der Waals surface area contributed by atoms with Gasteiger partial charge in [-0.05, 0) is 12.1 Å². The number of carbonyl (C=O) groups is 1. The highest BCUT2D eigenvalue weighted by Gasteiger charge is 2.29. The largest absolute Gasteiger partial charge is 0.423 e. The van der Waals surface area contributed by atoms with Crippen LogP contribution in [0.5, 0.6) is 0 Å². The van der Waals surface area contributed by atoms with Crippen molar-refractivity contribution in [2.24, 2.45) is 0 Å². The summed E-state index contributed by atoms with van der Waals surface area (Å²) >= 11 is 0. The Hall–Kier alpha value is -2.02. The molecule has 2 saturated heterocycles. The van der Waals surface area contributed by atoms with Gasteiger partial charge >= 0.3 is 6.09 Å². The van der Waals surface area contributed by atoms with Gasteiger partial charge in [0.05, 0.1) is 31.1 Å². The van der Waals surface area contributed by atoms with E-state index in [1.54, 1.807) is 18.0 Å². The summed E-state index contributed by atoms with van der Waals surface area (Å²) in [5, 5.41) is 2.60. The van der Waals surface area contributed by atoms with E-state index in [0.717, 1.165) is 0 Å². The maximum absolute atomic E-state index is 14.3. The van der Waals surface area contributed by atoms with Gasteiger partial charge in [0.15, 0.2) is 6.23 Å². The maximum atomic E-state index is 14.3.